The molecule has 0 saturated carbocycles. The Morgan fingerprint density at radius 3 is 2.60 bits per heavy atom. The Hall–Kier alpha value is -1.32. The third-order valence-corrected chi connectivity index (χ3v) is 0.835. The quantitative estimate of drug-likeness (QED) is 0.515. The predicted octanol–water partition coefficient (Wildman–Crippen LogP) is -0.595. The van der Waals surface area contributed by atoms with Crippen LogP contribution < -0.4 is 11.5 Å². The van der Waals surface area contributed by atoms with E-state index in [1.54, 1.807) is 0 Å². The third-order valence-electron chi connectivity index (χ3n) is 0.835. The second-order valence-electron chi connectivity index (χ2n) is 1.58. The van der Waals surface area contributed by atoms with E-state index in [2.05, 4.69) is 4.99 Å². The minimum atomic E-state index is -0.552. The van der Waals surface area contributed by atoms with Gasteiger partial charge >= 0.3 is 0 Å². The molecule has 0 heterocycles. The summed E-state index contributed by atoms with van der Waals surface area (Å²) in [5.74, 6) is -0.552. The van der Waals surface area contributed by atoms with E-state index in [1.807, 2.05) is 6.92 Å². The molecule has 4 nitrogen and oxygen atoms in total. The summed E-state index contributed by atoms with van der Waals surface area (Å²) < 4.78 is 0. The molecule has 0 rings (SSSR count). The maximum absolute atomic E-state index is 10.5. The number of nitrogens with two attached hydrogens (primary N) is 2. The summed E-state index contributed by atoms with van der Waals surface area (Å²) in [6.45, 7) is 2.34. The highest BCUT2D eigenvalue weighted by Gasteiger charge is 1.98. The lowest BCUT2D eigenvalue weighted by molar-refractivity contribution is -0.111. The van der Waals surface area contributed by atoms with Gasteiger partial charge in [0.2, 0.25) is 0 Å². The second kappa shape index (κ2) is 4.55. The van der Waals surface area contributed by atoms with Crippen molar-refractivity contribution in [2.75, 3.05) is 6.54 Å². The predicted molar refractivity (Wildman–Crippen MR) is 40.5 cm³/mol. The summed E-state index contributed by atoms with van der Waals surface area (Å²) in [7, 11) is 0. The zero-order valence-corrected chi connectivity index (χ0v) is 5.87. The van der Waals surface area contributed by atoms with Crippen LogP contribution in [0.4, 0.5) is 0 Å². The van der Waals surface area contributed by atoms with Crippen LogP contribution in [0.1, 0.15) is 6.92 Å². The molecule has 0 atom stereocenters. The molecule has 0 fully saturated rings. The molecule has 0 aliphatic carbocycles. The maximum atomic E-state index is 10.5. The number of nitrogens with zero attached hydrogens (tertiary/aromatic N) is 1. The first-order valence-corrected chi connectivity index (χ1v) is 2.95. The van der Waals surface area contributed by atoms with Crippen LogP contribution in [0.5, 0.6) is 0 Å². The number of carbonyl (C=O) groups is 1. The summed E-state index contributed by atoms with van der Waals surface area (Å²) in [5, 5.41) is 0. The molecule has 0 radical (unpaired) electrons. The van der Waals surface area contributed by atoms with E-state index in [4.69, 9.17) is 11.5 Å². The van der Waals surface area contributed by atoms with Crippen molar-refractivity contribution >= 4 is 11.6 Å². The molecular weight excluding hydrogens is 130 g/mol. The molecule has 0 saturated heterocycles. The average molecular weight is 141 g/mol. The van der Waals surface area contributed by atoms with Gasteiger partial charge in [-0.25, -0.2) is 0 Å². The monoisotopic (exact) mass is 141 g/mol. The largest absolute Gasteiger partial charge is 0.405 e. The number of rotatable bonds is 3. The smallest absolute Gasteiger partial charge is 0.266 e. The van der Waals surface area contributed by atoms with Crippen molar-refractivity contribution in [1.29, 1.82) is 0 Å². The third kappa shape index (κ3) is 2.86. The number of primary amides is 1. The van der Waals surface area contributed by atoms with E-state index < -0.39 is 5.91 Å². The van der Waals surface area contributed by atoms with Crippen LogP contribution in [0.15, 0.2) is 17.3 Å². The van der Waals surface area contributed by atoms with Crippen molar-refractivity contribution in [2.24, 2.45) is 16.5 Å². The van der Waals surface area contributed by atoms with Gasteiger partial charge in [-0.1, -0.05) is 0 Å². The summed E-state index contributed by atoms with van der Waals surface area (Å²) >= 11 is 0. The van der Waals surface area contributed by atoms with Crippen molar-refractivity contribution in [3.63, 3.8) is 0 Å². The highest BCUT2D eigenvalue weighted by Crippen LogP contribution is 1.79. The Labute approximate surface area is 59.6 Å². The van der Waals surface area contributed by atoms with E-state index in [9.17, 15) is 4.79 Å². The molecule has 0 aromatic rings. The lowest BCUT2D eigenvalue weighted by Gasteiger charge is -1.91. The van der Waals surface area contributed by atoms with Crippen LogP contribution in [0.2, 0.25) is 0 Å². The van der Waals surface area contributed by atoms with Gasteiger partial charge < -0.3 is 11.5 Å². The lowest BCUT2D eigenvalue weighted by Crippen LogP contribution is -2.21. The van der Waals surface area contributed by atoms with Crippen molar-refractivity contribution in [2.45, 2.75) is 6.92 Å². The summed E-state index contributed by atoms with van der Waals surface area (Å²) in [6.07, 6.45) is 2.62. The first kappa shape index (κ1) is 8.68. The van der Waals surface area contributed by atoms with Gasteiger partial charge in [-0.05, 0) is 19.2 Å². The molecular formula is C6H11N3O. The van der Waals surface area contributed by atoms with Crippen LogP contribution >= 0.6 is 0 Å². The van der Waals surface area contributed by atoms with Crippen LogP contribution in [-0.4, -0.2) is 18.2 Å². The number of amides is 1. The maximum Gasteiger partial charge on any atom is 0.266 e. The van der Waals surface area contributed by atoms with E-state index in [0.717, 1.165) is 0 Å². The lowest BCUT2D eigenvalue weighted by atomic mass is 10.3. The average Bonchev–Trinajstić information content (AvgIpc) is 1.87. The van der Waals surface area contributed by atoms with Gasteiger partial charge in [0.05, 0.1) is 0 Å². The molecule has 0 aliphatic rings. The Morgan fingerprint density at radius 1 is 1.70 bits per heavy atom. The van der Waals surface area contributed by atoms with Crippen LogP contribution in [0.25, 0.3) is 0 Å². The standard InChI is InChI=1S/C6H11N3O/c1-2-9-5(3-4-7)6(8)10/h3-4H,2,7H2,1H3,(H2,8,10)/b4-3-,9-5?. The first-order chi connectivity index (χ1) is 4.72. The fraction of sp³-hybridized carbons (Fsp3) is 0.333. The Morgan fingerprint density at radius 2 is 2.30 bits per heavy atom. The summed E-state index contributed by atoms with van der Waals surface area (Å²) in [6, 6.07) is 0. The zero-order chi connectivity index (χ0) is 7.98. The SMILES string of the molecule is CCN=C(/C=C\N)C(N)=O. The van der Waals surface area contributed by atoms with Crippen molar-refractivity contribution in [1.82, 2.24) is 0 Å². The molecule has 4 N–H and O–H groups in total. The summed E-state index contributed by atoms with van der Waals surface area (Å²) in [4.78, 5) is 14.3. The van der Waals surface area contributed by atoms with Gasteiger partial charge in [-0.15, -0.1) is 0 Å². The van der Waals surface area contributed by atoms with Crippen molar-refractivity contribution in [3.8, 4) is 0 Å². The molecule has 0 aromatic carbocycles. The minimum absolute atomic E-state index is 0.213. The highest BCUT2D eigenvalue weighted by molar-refractivity contribution is 6.42. The van der Waals surface area contributed by atoms with Crippen LogP contribution in [0.3, 0.4) is 0 Å². The Balaban J connectivity index is 4.26. The second-order valence-corrected chi connectivity index (χ2v) is 1.58. The Kier molecular flexibility index (Phi) is 3.95. The van der Waals surface area contributed by atoms with Crippen LogP contribution in [-0.2, 0) is 4.79 Å². The van der Waals surface area contributed by atoms with E-state index in [1.165, 1.54) is 12.3 Å². The Bertz CT molecular complexity index is 172. The fourth-order valence-corrected chi connectivity index (χ4v) is 0.474. The minimum Gasteiger partial charge on any atom is -0.405 e. The van der Waals surface area contributed by atoms with Gasteiger partial charge in [0.15, 0.2) is 0 Å². The fourth-order valence-electron chi connectivity index (χ4n) is 0.474. The van der Waals surface area contributed by atoms with Crippen LogP contribution in [0, 0.1) is 0 Å². The number of hydrogen-bond donors (Lipinski definition) is 2. The number of carbonyl (C=O) groups excluding carboxylic acids is 1. The molecule has 0 spiro atoms. The zero-order valence-electron chi connectivity index (χ0n) is 5.87. The molecule has 10 heavy (non-hydrogen) atoms. The van der Waals surface area contributed by atoms with Gasteiger partial charge in [0, 0.05) is 6.54 Å². The molecule has 1 amide bonds. The van der Waals surface area contributed by atoms with E-state index in [0.29, 0.717) is 6.54 Å². The van der Waals surface area contributed by atoms with Crippen molar-refractivity contribution in [3.05, 3.63) is 12.3 Å². The van der Waals surface area contributed by atoms with Gasteiger partial charge in [0.25, 0.3) is 5.91 Å². The van der Waals surface area contributed by atoms with Gasteiger partial charge in [0.1, 0.15) is 5.71 Å². The summed E-state index contributed by atoms with van der Waals surface area (Å²) in [5.41, 5.74) is 10.2. The van der Waals surface area contributed by atoms with Gasteiger partial charge in [-0.3, -0.25) is 9.79 Å². The normalized spacial score (nSPS) is 12.3. The topological polar surface area (TPSA) is 81.5 Å². The van der Waals surface area contributed by atoms with E-state index >= 15 is 0 Å². The number of hydrogen-bond acceptors (Lipinski definition) is 3. The van der Waals surface area contributed by atoms with Gasteiger partial charge in [-0.2, -0.15) is 0 Å². The number of aliphatic imine (C=N–C) groups is 1. The van der Waals surface area contributed by atoms with Crippen molar-refractivity contribution < 1.29 is 4.79 Å². The molecule has 4 heteroatoms. The molecule has 0 unspecified atom stereocenters. The molecule has 0 aliphatic heterocycles. The first-order valence-electron chi connectivity index (χ1n) is 2.95. The van der Waals surface area contributed by atoms with E-state index in [-0.39, 0.29) is 5.71 Å². The highest BCUT2D eigenvalue weighted by atomic mass is 16.1. The molecule has 0 aromatic heterocycles. The molecule has 0 bridgehead atoms. The molecule has 56 valence electrons.